The molecule has 1 unspecified atom stereocenters. The molecule has 2 saturated heterocycles. The first-order valence-corrected chi connectivity index (χ1v) is 9.96. The Kier molecular flexibility index (Phi) is 5.07. The number of carbonyl (C=O) groups is 2. The van der Waals surface area contributed by atoms with E-state index in [-0.39, 0.29) is 18.0 Å². The van der Waals surface area contributed by atoms with Crippen molar-refractivity contribution in [2.45, 2.75) is 37.6 Å². The average molecular weight is 385 g/mol. The fourth-order valence-electron chi connectivity index (χ4n) is 4.54. The number of rotatable bonds is 4. The van der Waals surface area contributed by atoms with Gasteiger partial charge in [0.05, 0.1) is 11.0 Å². The minimum absolute atomic E-state index is 0.223. The fraction of sp³-hybridized carbons (Fsp3) is 0.550. The van der Waals surface area contributed by atoms with Crippen LogP contribution in [0, 0.1) is 0 Å². The summed E-state index contributed by atoms with van der Waals surface area (Å²) in [4.78, 5) is 39.0. The van der Waals surface area contributed by atoms with Crippen molar-refractivity contribution in [1.82, 2.24) is 19.4 Å². The summed E-state index contributed by atoms with van der Waals surface area (Å²) in [6, 6.07) is 5.47. The van der Waals surface area contributed by atoms with E-state index in [1.54, 1.807) is 11.6 Å². The van der Waals surface area contributed by atoms with Crippen LogP contribution in [0.15, 0.2) is 23.0 Å². The first kappa shape index (κ1) is 18.9. The Hall–Kier alpha value is -2.45. The third-order valence-electron chi connectivity index (χ3n) is 6.14. The van der Waals surface area contributed by atoms with Crippen molar-refractivity contribution in [3.8, 4) is 0 Å². The van der Waals surface area contributed by atoms with Gasteiger partial charge in [-0.25, -0.2) is 4.79 Å². The van der Waals surface area contributed by atoms with Crippen LogP contribution >= 0.6 is 0 Å². The van der Waals surface area contributed by atoms with E-state index < -0.39 is 11.9 Å². The summed E-state index contributed by atoms with van der Waals surface area (Å²) in [7, 11) is 1.74. The maximum Gasteiger partial charge on any atom is 0.329 e. The second-order valence-corrected chi connectivity index (χ2v) is 7.83. The highest BCUT2D eigenvalue weighted by molar-refractivity contribution is 6.00. The van der Waals surface area contributed by atoms with Crippen molar-refractivity contribution in [3.63, 3.8) is 0 Å². The monoisotopic (exact) mass is 385 g/mol. The molecule has 2 amide bonds. The molecule has 8 heteroatoms. The number of piperidine rings is 2. The van der Waals surface area contributed by atoms with Gasteiger partial charge >= 0.3 is 5.69 Å². The number of imidazole rings is 1. The maximum absolute atomic E-state index is 12.9. The van der Waals surface area contributed by atoms with Gasteiger partial charge < -0.3 is 10.6 Å². The second kappa shape index (κ2) is 7.52. The molecule has 2 aliphatic rings. The molecule has 0 aliphatic carbocycles. The molecule has 8 nitrogen and oxygen atoms in total. The molecule has 2 aliphatic heterocycles. The number of likely N-dealkylation sites (tertiary alicyclic amines) is 1. The number of carbonyl (C=O) groups excluding carboxylic acids is 2. The summed E-state index contributed by atoms with van der Waals surface area (Å²) in [5.74, 6) is -0.215. The molecule has 2 fully saturated rings. The topological polar surface area (TPSA) is 102 Å². The number of hydrogen-bond acceptors (Lipinski definition) is 5. The Labute approximate surface area is 163 Å². The lowest BCUT2D eigenvalue weighted by molar-refractivity contribution is -0.135. The van der Waals surface area contributed by atoms with Crippen LogP contribution in [0.25, 0.3) is 11.0 Å². The van der Waals surface area contributed by atoms with E-state index in [9.17, 15) is 14.4 Å². The van der Waals surface area contributed by atoms with Crippen LogP contribution < -0.4 is 16.7 Å². The molecule has 3 heterocycles. The summed E-state index contributed by atoms with van der Waals surface area (Å²) < 4.78 is 3.14. The molecule has 0 radical (unpaired) electrons. The van der Waals surface area contributed by atoms with Gasteiger partial charge in [0.2, 0.25) is 11.8 Å². The molecule has 1 atom stereocenters. The molecular weight excluding hydrogens is 358 g/mol. The zero-order valence-corrected chi connectivity index (χ0v) is 16.2. The lowest BCUT2D eigenvalue weighted by Crippen LogP contribution is -2.44. The van der Waals surface area contributed by atoms with Crippen LogP contribution in [-0.2, 0) is 16.6 Å². The number of aryl methyl sites for hydroxylation is 1. The van der Waals surface area contributed by atoms with Gasteiger partial charge in [-0.2, -0.15) is 0 Å². The summed E-state index contributed by atoms with van der Waals surface area (Å²) in [6.45, 7) is 3.70. The fourth-order valence-corrected chi connectivity index (χ4v) is 4.54. The van der Waals surface area contributed by atoms with Gasteiger partial charge in [0.25, 0.3) is 0 Å². The van der Waals surface area contributed by atoms with Gasteiger partial charge in [-0.05, 0) is 56.0 Å². The number of imide groups is 1. The molecule has 28 heavy (non-hydrogen) atoms. The summed E-state index contributed by atoms with van der Waals surface area (Å²) in [5.41, 5.74) is 8.24. The Bertz CT molecular complexity index is 968. The maximum atomic E-state index is 12.9. The van der Waals surface area contributed by atoms with Crippen LogP contribution in [0.4, 0.5) is 0 Å². The van der Waals surface area contributed by atoms with E-state index in [4.69, 9.17) is 5.73 Å². The van der Waals surface area contributed by atoms with Gasteiger partial charge in [0.1, 0.15) is 6.04 Å². The van der Waals surface area contributed by atoms with Crippen molar-refractivity contribution in [3.05, 3.63) is 34.2 Å². The zero-order chi connectivity index (χ0) is 19.8. The Morgan fingerprint density at radius 1 is 1.11 bits per heavy atom. The molecule has 0 spiro atoms. The van der Waals surface area contributed by atoms with Crippen molar-refractivity contribution >= 4 is 22.8 Å². The Morgan fingerprint density at radius 2 is 1.86 bits per heavy atom. The normalized spacial score (nSPS) is 22.0. The highest BCUT2D eigenvalue weighted by Crippen LogP contribution is 2.31. The quantitative estimate of drug-likeness (QED) is 0.745. The number of nitrogens with zero attached hydrogens (tertiary/aromatic N) is 3. The molecule has 3 N–H and O–H groups in total. The van der Waals surface area contributed by atoms with E-state index in [1.807, 2.05) is 6.07 Å². The Balaban J connectivity index is 1.65. The number of nitrogens with two attached hydrogens (primary N) is 1. The summed E-state index contributed by atoms with van der Waals surface area (Å²) in [5, 5.41) is 2.35. The first-order valence-electron chi connectivity index (χ1n) is 9.96. The SMILES string of the molecule is Cn1c(=O)n(C2CCC(=O)NC2=O)c2ccc(C3CCN(CCN)CC3)cc21. The molecule has 0 saturated carbocycles. The van der Waals surface area contributed by atoms with E-state index >= 15 is 0 Å². The lowest BCUT2D eigenvalue weighted by atomic mass is 9.89. The predicted octanol–water partition coefficient (Wildman–Crippen LogP) is 0.456. The zero-order valence-electron chi connectivity index (χ0n) is 16.2. The minimum Gasteiger partial charge on any atom is -0.329 e. The highest BCUT2D eigenvalue weighted by atomic mass is 16.2. The van der Waals surface area contributed by atoms with Crippen molar-refractivity contribution in [1.29, 1.82) is 0 Å². The van der Waals surface area contributed by atoms with Crippen LogP contribution in [0.1, 0.15) is 43.2 Å². The van der Waals surface area contributed by atoms with E-state index in [2.05, 4.69) is 22.3 Å². The van der Waals surface area contributed by atoms with Crippen LogP contribution in [0.5, 0.6) is 0 Å². The average Bonchev–Trinajstić information content (AvgIpc) is 2.93. The lowest BCUT2D eigenvalue weighted by Gasteiger charge is -2.31. The number of fused-ring (bicyclic) bond motifs is 1. The smallest absolute Gasteiger partial charge is 0.329 e. The van der Waals surface area contributed by atoms with Gasteiger partial charge in [0.15, 0.2) is 0 Å². The Morgan fingerprint density at radius 3 is 2.54 bits per heavy atom. The summed E-state index contributed by atoms with van der Waals surface area (Å²) >= 11 is 0. The third kappa shape index (κ3) is 3.27. The van der Waals surface area contributed by atoms with Crippen LogP contribution in [-0.4, -0.2) is 52.0 Å². The number of amides is 2. The van der Waals surface area contributed by atoms with Crippen LogP contribution in [0.2, 0.25) is 0 Å². The molecular formula is C20H27N5O3. The standard InChI is InChI=1S/C20H27N5O3/c1-23-17-12-14(13-6-9-24(10-7-13)11-8-21)2-3-15(17)25(20(23)28)16-4-5-18(26)22-19(16)27/h2-3,12-13,16H,4-11,21H2,1H3,(H,22,26,27). The molecule has 150 valence electrons. The van der Waals surface area contributed by atoms with Crippen molar-refractivity contribution in [2.75, 3.05) is 26.2 Å². The summed E-state index contributed by atoms with van der Waals surface area (Å²) in [6.07, 6.45) is 2.75. The van der Waals surface area contributed by atoms with Gasteiger partial charge in [-0.15, -0.1) is 0 Å². The number of nitrogens with one attached hydrogen (secondary N) is 1. The number of benzene rings is 1. The molecule has 2 aromatic rings. The molecule has 0 bridgehead atoms. The molecule has 4 rings (SSSR count). The van der Waals surface area contributed by atoms with Gasteiger partial charge in [0, 0.05) is 26.6 Å². The number of hydrogen-bond donors (Lipinski definition) is 2. The van der Waals surface area contributed by atoms with Crippen LogP contribution in [0.3, 0.4) is 0 Å². The van der Waals surface area contributed by atoms with E-state index in [0.29, 0.717) is 18.9 Å². The molecule has 1 aromatic heterocycles. The van der Waals surface area contributed by atoms with Crippen molar-refractivity contribution < 1.29 is 9.59 Å². The third-order valence-corrected chi connectivity index (χ3v) is 6.14. The van der Waals surface area contributed by atoms with Gasteiger partial charge in [-0.3, -0.25) is 24.0 Å². The van der Waals surface area contributed by atoms with E-state index in [0.717, 1.165) is 43.5 Å². The second-order valence-electron chi connectivity index (χ2n) is 7.83. The van der Waals surface area contributed by atoms with Gasteiger partial charge in [-0.1, -0.05) is 6.07 Å². The van der Waals surface area contributed by atoms with Crippen molar-refractivity contribution in [2.24, 2.45) is 12.8 Å². The van der Waals surface area contributed by atoms with E-state index in [1.165, 1.54) is 10.1 Å². The minimum atomic E-state index is -0.640. The largest absolute Gasteiger partial charge is 0.329 e. The first-order chi connectivity index (χ1) is 13.5. The predicted molar refractivity (Wildman–Crippen MR) is 106 cm³/mol. The molecule has 1 aromatic carbocycles. The number of aromatic nitrogens is 2. The highest BCUT2D eigenvalue weighted by Gasteiger charge is 2.31.